The van der Waals surface area contributed by atoms with Gasteiger partial charge < -0.3 is 39.1 Å². The molecule has 2 N–H and O–H groups in total. The Balaban J connectivity index is 0.854. The van der Waals surface area contributed by atoms with E-state index in [1.165, 1.54) is 28.7 Å². The van der Waals surface area contributed by atoms with Gasteiger partial charge in [0.25, 0.3) is 0 Å². The van der Waals surface area contributed by atoms with Crippen molar-refractivity contribution < 1.29 is 38.0 Å². The number of fused-ring (bicyclic) bond motifs is 3. The first-order chi connectivity index (χ1) is 27.1. The first-order valence-corrected chi connectivity index (χ1v) is 20.2. The minimum Gasteiger partial charge on any atom is -0.449 e. The lowest BCUT2D eigenvalue weighted by Crippen LogP contribution is -2.40. The normalized spacial score (nSPS) is 16.3. The van der Waals surface area contributed by atoms with Gasteiger partial charge in [-0.3, -0.25) is 4.79 Å². The van der Waals surface area contributed by atoms with E-state index in [1.54, 1.807) is 0 Å². The van der Waals surface area contributed by atoms with Crippen LogP contribution >= 0.6 is 0 Å². The molecule has 0 aromatic heterocycles. The Labute approximate surface area is 333 Å². The number of rotatable bonds is 22. The summed E-state index contributed by atoms with van der Waals surface area (Å²) in [5, 5.41) is 5.71. The quantitative estimate of drug-likeness (QED) is 0.0784. The molecule has 1 atom stereocenters. The molecule has 10 heteroatoms. The van der Waals surface area contributed by atoms with Crippen LogP contribution in [0.15, 0.2) is 84.9 Å². The van der Waals surface area contributed by atoms with Crippen LogP contribution in [-0.2, 0) is 46.2 Å². The van der Waals surface area contributed by atoms with Crippen LogP contribution < -0.4 is 10.6 Å². The zero-order valence-corrected chi connectivity index (χ0v) is 33.8. The van der Waals surface area contributed by atoms with Gasteiger partial charge in [-0.25, -0.2) is 4.79 Å². The van der Waals surface area contributed by atoms with E-state index in [-0.39, 0.29) is 18.4 Å². The summed E-state index contributed by atoms with van der Waals surface area (Å²) in [4.78, 5) is 24.9. The molecule has 0 aliphatic heterocycles. The summed E-state index contributed by atoms with van der Waals surface area (Å²) in [7, 11) is 0. The third-order valence-corrected chi connectivity index (χ3v) is 10.0. The van der Waals surface area contributed by atoms with Crippen molar-refractivity contribution in [2.24, 2.45) is 0 Å². The minimum atomic E-state index is -0.554. The Bertz CT molecular complexity index is 1640. The number of amides is 2. The Hall–Kier alpha value is -4.06. The van der Waals surface area contributed by atoms with Gasteiger partial charge in [0.2, 0.25) is 5.91 Å². The molecule has 5 rings (SSSR count). The van der Waals surface area contributed by atoms with Crippen molar-refractivity contribution in [3.05, 3.63) is 107 Å². The number of ether oxygens (including phenoxy) is 6. The van der Waals surface area contributed by atoms with E-state index in [4.69, 9.17) is 28.4 Å². The summed E-state index contributed by atoms with van der Waals surface area (Å²) in [6.07, 6.45) is 10.3. The summed E-state index contributed by atoms with van der Waals surface area (Å²) in [5.74, 6) is -0.0131. The van der Waals surface area contributed by atoms with Gasteiger partial charge in [-0.1, -0.05) is 84.9 Å². The van der Waals surface area contributed by atoms with E-state index in [1.807, 2.05) is 76.2 Å². The molecule has 10 nitrogen and oxygen atoms in total. The zero-order valence-electron chi connectivity index (χ0n) is 33.8. The van der Waals surface area contributed by atoms with E-state index in [0.717, 1.165) is 36.8 Å². The van der Waals surface area contributed by atoms with E-state index >= 15 is 0 Å². The molecule has 3 aromatic carbocycles. The van der Waals surface area contributed by atoms with Crippen LogP contribution in [0.2, 0.25) is 0 Å². The van der Waals surface area contributed by atoms with Crippen molar-refractivity contribution >= 4 is 12.0 Å². The van der Waals surface area contributed by atoms with Gasteiger partial charge in [0.05, 0.1) is 70.0 Å². The maximum absolute atomic E-state index is 12.5. The number of alkyl carbamates (subject to hydrolysis) is 1. The highest BCUT2D eigenvalue weighted by atomic mass is 16.6. The van der Waals surface area contributed by atoms with E-state index in [9.17, 15) is 9.59 Å². The zero-order chi connectivity index (χ0) is 39.6. The van der Waals surface area contributed by atoms with Gasteiger partial charge in [0, 0.05) is 19.0 Å². The summed E-state index contributed by atoms with van der Waals surface area (Å²) < 4.78 is 35.4. The van der Waals surface area contributed by atoms with Crippen molar-refractivity contribution in [2.45, 2.75) is 96.1 Å². The van der Waals surface area contributed by atoms with Crippen LogP contribution in [0.25, 0.3) is 11.1 Å². The maximum Gasteiger partial charge on any atom is 0.407 e. The average Bonchev–Trinajstić information content (AvgIpc) is 3.49. The molecule has 0 spiro atoms. The number of nitrogens with one attached hydrogen (secondary N) is 2. The largest absolute Gasteiger partial charge is 0.449 e. The molecule has 2 aliphatic rings. The fourth-order valence-corrected chi connectivity index (χ4v) is 6.89. The molecule has 2 aliphatic carbocycles. The van der Waals surface area contributed by atoms with Gasteiger partial charge >= 0.3 is 6.09 Å². The average molecular weight is 771 g/mol. The van der Waals surface area contributed by atoms with Gasteiger partial charge in [-0.05, 0) is 93.2 Å². The number of benzene rings is 3. The highest BCUT2D eigenvalue weighted by molar-refractivity contribution is 5.79. The summed E-state index contributed by atoms with van der Waals surface area (Å²) in [6, 6.07) is 24.6. The summed E-state index contributed by atoms with van der Waals surface area (Å²) >= 11 is 0. The van der Waals surface area contributed by atoms with Crippen molar-refractivity contribution in [2.75, 3.05) is 59.3 Å². The predicted octanol–water partition coefficient (Wildman–Crippen LogP) is 7.91. The van der Waals surface area contributed by atoms with E-state index < -0.39 is 17.3 Å². The van der Waals surface area contributed by atoms with Crippen LogP contribution in [0, 0.1) is 0 Å². The number of carbonyl (C=O) groups is 2. The number of allylic oxidation sites excluding steroid dienone is 2. The van der Waals surface area contributed by atoms with Gasteiger partial charge in [-0.2, -0.15) is 0 Å². The maximum atomic E-state index is 12.5. The third kappa shape index (κ3) is 14.5. The van der Waals surface area contributed by atoms with Gasteiger partial charge in [0.15, 0.2) is 0 Å². The second-order valence-electron chi connectivity index (χ2n) is 15.8. The van der Waals surface area contributed by atoms with Gasteiger partial charge in [-0.15, -0.1) is 0 Å². The second kappa shape index (κ2) is 22.0. The Morgan fingerprint density at radius 2 is 1.32 bits per heavy atom. The standard InChI is InChI=1S/C46H62N2O8/c1-45(2,33-52-27-25-48-44(50)54-32-42-40-18-12-10-16-38(40)39-17-11-13-19-41(39)42)56-34-46(3,4)55-29-28-51-26-24-47-43(49)30-35-20-22-36(23-21-35)31-53-37-14-8-6-5-7-9-15-37/h5-6,10-13,16-23,37,42H,7-9,14-15,24-34H2,1-4H3,(H,47,49)(H,48,50)/b6-5+. The van der Waals surface area contributed by atoms with Crippen LogP contribution in [-0.4, -0.2) is 88.6 Å². The van der Waals surface area contributed by atoms with E-state index in [0.29, 0.717) is 71.9 Å². The molecule has 0 heterocycles. The van der Waals surface area contributed by atoms with Crippen molar-refractivity contribution in [1.82, 2.24) is 10.6 Å². The molecule has 0 bridgehead atoms. The summed E-state index contributed by atoms with van der Waals surface area (Å²) in [6.45, 7) is 11.8. The van der Waals surface area contributed by atoms with Crippen molar-refractivity contribution in [3.8, 4) is 11.1 Å². The molecular formula is C46H62N2O8. The molecule has 0 radical (unpaired) electrons. The fourth-order valence-electron chi connectivity index (χ4n) is 6.89. The van der Waals surface area contributed by atoms with Crippen LogP contribution in [0.4, 0.5) is 4.79 Å². The number of hydrogen-bond acceptors (Lipinski definition) is 8. The topological polar surface area (TPSA) is 114 Å². The first kappa shape index (κ1) is 43.1. The fraction of sp³-hybridized carbons (Fsp3) is 0.522. The molecule has 304 valence electrons. The molecule has 56 heavy (non-hydrogen) atoms. The van der Waals surface area contributed by atoms with E-state index in [2.05, 4.69) is 47.1 Å². The molecule has 2 amide bonds. The lowest BCUT2D eigenvalue weighted by Gasteiger charge is -2.32. The molecule has 0 fully saturated rings. The smallest absolute Gasteiger partial charge is 0.407 e. The SMILES string of the molecule is CC(C)(COCCNC(=O)OCC1c2ccccc2-c2ccccc21)OCC(C)(C)OCCOCCNC(=O)Cc1ccc(COC2CC/C=C/CCC2)cc1. The Kier molecular flexibility index (Phi) is 16.9. The molecule has 0 saturated carbocycles. The highest BCUT2D eigenvalue weighted by Gasteiger charge is 2.29. The monoisotopic (exact) mass is 770 g/mol. The molecule has 0 saturated heterocycles. The number of carbonyl (C=O) groups excluding carboxylic acids is 2. The minimum absolute atomic E-state index is 0.0210. The molecule has 3 aromatic rings. The Morgan fingerprint density at radius 1 is 0.679 bits per heavy atom. The van der Waals surface area contributed by atoms with Crippen LogP contribution in [0.1, 0.15) is 88.0 Å². The summed E-state index contributed by atoms with van der Waals surface area (Å²) in [5.41, 5.74) is 5.77. The molecular weight excluding hydrogens is 709 g/mol. The second-order valence-corrected chi connectivity index (χ2v) is 15.8. The van der Waals surface area contributed by atoms with Crippen molar-refractivity contribution in [1.29, 1.82) is 0 Å². The van der Waals surface area contributed by atoms with Crippen LogP contribution in [0.5, 0.6) is 0 Å². The lowest BCUT2D eigenvalue weighted by molar-refractivity contribution is -0.144. The predicted molar refractivity (Wildman–Crippen MR) is 219 cm³/mol. The van der Waals surface area contributed by atoms with Gasteiger partial charge in [0.1, 0.15) is 6.61 Å². The van der Waals surface area contributed by atoms with Crippen LogP contribution in [0.3, 0.4) is 0 Å². The first-order valence-electron chi connectivity index (χ1n) is 20.2. The lowest BCUT2D eigenvalue weighted by atomic mass is 9.98. The Morgan fingerprint density at radius 3 is 2.07 bits per heavy atom. The third-order valence-electron chi connectivity index (χ3n) is 10.0. The molecule has 1 unspecified atom stereocenters. The number of hydrogen-bond donors (Lipinski definition) is 2. The highest BCUT2D eigenvalue weighted by Crippen LogP contribution is 2.44. The van der Waals surface area contributed by atoms with Crippen molar-refractivity contribution in [3.63, 3.8) is 0 Å².